The van der Waals surface area contributed by atoms with Crippen LogP contribution in [0.15, 0.2) is 36.5 Å². The Morgan fingerprint density at radius 1 is 1.05 bits per heavy atom. The Labute approximate surface area is 151 Å². The molecule has 1 aliphatic carbocycles. The molecule has 0 unspecified atom stereocenters. The molecule has 1 aliphatic rings. The van der Waals surface area contributed by atoms with Crippen molar-refractivity contribution in [2.45, 2.75) is 18.8 Å². The molecule has 0 radical (unpaired) electrons. The standard InChI is InChI=1S/C12H11BF3N2.K/c14-13(15,16)10-3-5-11(6-4-10)18-12(7-8-17-18)9-1-2-9;/h3-9H,1-2H2;/q-1;+1. The fourth-order valence-electron chi connectivity index (χ4n) is 2.05. The van der Waals surface area contributed by atoms with Gasteiger partial charge in [-0.25, -0.2) is 4.68 Å². The van der Waals surface area contributed by atoms with Crippen LogP contribution in [-0.2, 0) is 0 Å². The Morgan fingerprint density at radius 3 is 2.21 bits per heavy atom. The third kappa shape index (κ3) is 3.33. The topological polar surface area (TPSA) is 17.8 Å². The van der Waals surface area contributed by atoms with Crippen LogP contribution in [0.2, 0.25) is 0 Å². The first-order valence-electron chi connectivity index (χ1n) is 5.90. The fourth-order valence-corrected chi connectivity index (χ4v) is 2.05. The number of benzene rings is 1. The zero-order valence-corrected chi connectivity index (χ0v) is 13.7. The van der Waals surface area contributed by atoms with Crippen LogP contribution in [0.25, 0.3) is 5.69 Å². The Hall–Kier alpha value is -0.0787. The summed E-state index contributed by atoms with van der Waals surface area (Å²) in [5.41, 5.74) is 1.20. The van der Waals surface area contributed by atoms with Gasteiger partial charge in [-0.15, -0.1) is 5.46 Å². The van der Waals surface area contributed by atoms with Crippen LogP contribution in [0, 0.1) is 0 Å². The maximum atomic E-state index is 12.5. The van der Waals surface area contributed by atoms with E-state index in [-0.39, 0.29) is 51.4 Å². The summed E-state index contributed by atoms with van der Waals surface area (Å²) in [4.78, 5) is 0. The van der Waals surface area contributed by atoms with Crippen molar-refractivity contribution in [2.24, 2.45) is 0 Å². The largest absolute Gasteiger partial charge is 1.00 e. The van der Waals surface area contributed by atoms with Crippen molar-refractivity contribution in [2.75, 3.05) is 0 Å². The van der Waals surface area contributed by atoms with Gasteiger partial charge in [-0.3, -0.25) is 0 Å². The van der Waals surface area contributed by atoms with Gasteiger partial charge in [0.15, 0.2) is 0 Å². The summed E-state index contributed by atoms with van der Waals surface area (Å²) in [6.45, 7) is -4.92. The maximum absolute atomic E-state index is 12.5. The first-order valence-corrected chi connectivity index (χ1v) is 5.90. The summed E-state index contributed by atoms with van der Waals surface area (Å²) in [5.74, 6) is 0.513. The van der Waals surface area contributed by atoms with Crippen LogP contribution in [0.1, 0.15) is 24.5 Å². The molecule has 0 saturated heterocycles. The quantitative estimate of drug-likeness (QED) is 0.716. The Kier molecular flexibility index (Phi) is 4.62. The minimum atomic E-state index is -4.92. The number of halogens is 3. The molecule has 2 nitrogen and oxygen atoms in total. The summed E-state index contributed by atoms with van der Waals surface area (Å²) >= 11 is 0. The van der Waals surface area contributed by atoms with Crippen molar-refractivity contribution in [1.29, 1.82) is 0 Å². The molecule has 0 N–H and O–H groups in total. The van der Waals surface area contributed by atoms with Crippen LogP contribution in [0.4, 0.5) is 12.9 Å². The summed E-state index contributed by atoms with van der Waals surface area (Å²) in [6.07, 6.45) is 3.96. The number of hydrogen-bond donors (Lipinski definition) is 0. The molecule has 1 aromatic carbocycles. The van der Waals surface area contributed by atoms with Gasteiger partial charge in [0.25, 0.3) is 0 Å². The third-order valence-electron chi connectivity index (χ3n) is 3.18. The zero-order valence-electron chi connectivity index (χ0n) is 10.6. The van der Waals surface area contributed by atoms with Crippen molar-refractivity contribution in [3.05, 3.63) is 42.2 Å². The molecule has 94 valence electrons. The minimum Gasteiger partial charge on any atom is -0.445 e. The molecule has 0 aliphatic heterocycles. The fraction of sp³-hybridized carbons (Fsp3) is 0.250. The van der Waals surface area contributed by atoms with Crippen LogP contribution in [0.3, 0.4) is 0 Å². The van der Waals surface area contributed by atoms with Gasteiger partial charge in [-0.1, -0.05) is 12.1 Å². The summed E-state index contributed by atoms with van der Waals surface area (Å²) in [6, 6.07) is 7.12. The van der Waals surface area contributed by atoms with E-state index in [2.05, 4.69) is 5.10 Å². The summed E-state index contributed by atoms with van der Waals surface area (Å²) in [7, 11) is 0. The minimum absolute atomic E-state index is 0. The molecule has 0 atom stereocenters. The van der Waals surface area contributed by atoms with E-state index in [1.54, 1.807) is 10.9 Å². The Bertz CT molecular complexity index is 561. The molecule has 1 aromatic heterocycles. The second-order valence-corrected chi connectivity index (χ2v) is 4.61. The molecule has 1 saturated carbocycles. The van der Waals surface area contributed by atoms with Crippen LogP contribution < -0.4 is 56.8 Å². The molecule has 1 fully saturated rings. The van der Waals surface area contributed by atoms with E-state index < -0.39 is 12.4 Å². The van der Waals surface area contributed by atoms with E-state index in [0.717, 1.165) is 30.7 Å². The first-order chi connectivity index (χ1) is 8.55. The van der Waals surface area contributed by atoms with Gasteiger partial charge < -0.3 is 12.9 Å². The normalized spacial score (nSPS) is 15.1. The van der Waals surface area contributed by atoms with E-state index in [1.165, 1.54) is 12.1 Å². The Morgan fingerprint density at radius 2 is 1.68 bits per heavy atom. The van der Waals surface area contributed by atoms with Gasteiger partial charge in [-0.05, 0) is 31.0 Å². The third-order valence-corrected chi connectivity index (χ3v) is 3.18. The van der Waals surface area contributed by atoms with Crippen molar-refractivity contribution in [3.63, 3.8) is 0 Å². The average Bonchev–Trinajstić information content (AvgIpc) is 3.06. The smallest absolute Gasteiger partial charge is 0.445 e. The van der Waals surface area contributed by atoms with E-state index in [9.17, 15) is 12.9 Å². The molecular formula is C12H11BF3KN2. The van der Waals surface area contributed by atoms with Crippen LogP contribution >= 0.6 is 0 Å². The second kappa shape index (κ2) is 5.73. The number of nitrogens with zero attached hydrogens (tertiary/aromatic N) is 2. The van der Waals surface area contributed by atoms with E-state index in [1.807, 2.05) is 6.07 Å². The number of aromatic nitrogens is 2. The van der Waals surface area contributed by atoms with Crippen LogP contribution in [0.5, 0.6) is 0 Å². The molecule has 19 heavy (non-hydrogen) atoms. The molecule has 0 bridgehead atoms. The Balaban J connectivity index is 0.00000133. The van der Waals surface area contributed by atoms with E-state index >= 15 is 0 Å². The average molecular weight is 290 g/mol. The van der Waals surface area contributed by atoms with Crippen molar-refractivity contribution in [3.8, 4) is 5.69 Å². The predicted molar refractivity (Wildman–Crippen MR) is 64.3 cm³/mol. The van der Waals surface area contributed by atoms with Gasteiger partial charge in [0, 0.05) is 17.8 Å². The van der Waals surface area contributed by atoms with Gasteiger partial charge in [0.2, 0.25) is 0 Å². The predicted octanol–water partition coefficient (Wildman–Crippen LogP) is -0.192. The zero-order chi connectivity index (χ0) is 12.8. The molecule has 1 heterocycles. The molecule has 0 spiro atoms. The van der Waals surface area contributed by atoms with Crippen LogP contribution in [-0.4, -0.2) is 16.8 Å². The van der Waals surface area contributed by atoms with Gasteiger partial charge in [0.1, 0.15) is 0 Å². The molecule has 2 aromatic rings. The molecule has 3 rings (SSSR count). The van der Waals surface area contributed by atoms with Gasteiger partial charge in [0.05, 0.1) is 5.69 Å². The monoisotopic (exact) mass is 290 g/mol. The summed E-state index contributed by atoms with van der Waals surface area (Å²) in [5, 5.41) is 4.18. The number of rotatable bonds is 3. The first kappa shape index (κ1) is 15.3. The SMILES string of the molecule is F[B-](F)(F)c1ccc(-n2nccc2C2CC2)cc1.[K+]. The number of hydrogen-bond acceptors (Lipinski definition) is 1. The van der Waals surface area contributed by atoms with Crippen molar-refractivity contribution >= 4 is 12.4 Å². The summed E-state index contributed by atoms with van der Waals surface area (Å²) < 4.78 is 39.3. The maximum Gasteiger partial charge on any atom is 1.00 e. The van der Waals surface area contributed by atoms with Crippen molar-refractivity contribution < 1.29 is 64.3 Å². The molecule has 7 heteroatoms. The molecular weight excluding hydrogens is 279 g/mol. The van der Waals surface area contributed by atoms with Gasteiger partial charge in [-0.2, -0.15) is 5.10 Å². The second-order valence-electron chi connectivity index (χ2n) is 4.61. The molecule has 0 amide bonds. The van der Waals surface area contributed by atoms with E-state index in [0.29, 0.717) is 11.6 Å². The van der Waals surface area contributed by atoms with Crippen molar-refractivity contribution in [1.82, 2.24) is 9.78 Å². The van der Waals surface area contributed by atoms with Gasteiger partial charge >= 0.3 is 58.4 Å². The van der Waals surface area contributed by atoms with E-state index in [4.69, 9.17) is 0 Å².